The van der Waals surface area contributed by atoms with Gasteiger partial charge >= 0.3 is 0 Å². The summed E-state index contributed by atoms with van der Waals surface area (Å²) in [5, 5.41) is 0. The molecule has 0 aliphatic rings. The molecule has 0 radical (unpaired) electrons. The number of rotatable bonds is 3. The molecule has 0 unspecified atom stereocenters. The van der Waals surface area contributed by atoms with Gasteiger partial charge in [0.25, 0.3) is 0 Å². The maximum absolute atomic E-state index is 5.65. The first-order valence-electron chi connectivity index (χ1n) is 6.47. The SMILES string of the molecule is Cc1ccccc1Cc1cn2ccc(CN)cc2n1. The van der Waals surface area contributed by atoms with E-state index in [0.717, 1.165) is 23.3 Å². The average molecular weight is 251 g/mol. The molecule has 0 bridgehead atoms. The molecular formula is C16H17N3. The van der Waals surface area contributed by atoms with Crippen LogP contribution < -0.4 is 5.73 Å². The van der Waals surface area contributed by atoms with E-state index in [1.54, 1.807) is 0 Å². The van der Waals surface area contributed by atoms with Crippen molar-refractivity contribution in [1.29, 1.82) is 0 Å². The molecule has 3 rings (SSSR count). The summed E-state index contributed by atoms with van der Waals surface area (Å²) in [5.41, 5.74) is 11.4. The highest BCUT2D eigenvalue weighted by molar-refractivity contribution is 5.44. The average Bonchev–Trinajstić information content (AvgIpc) is 2.82. The Morgan fingerprint density at radius 1 is 1.21 bits per heavy atom. The minimum Gasteiger partial charge on any atom is -0.326 e. The third-order valence-electron chi connectivity index (χ3n) is 3.44. The summed E-state index contributed by atoms with van der Waals surface area (Å²) in [4.78, 5) is 4.67. The van der Waals surface area contributed by atoms with Crippen molar-refractivity contribution in [3.05, 3.63) is 71.2 Å². The number of pyridine rings is 1. The standard InChI is InChI=1S/C16H17N3/c1-12-4-2-3-5-14(12)9-15-11-19-7-6-13(10-17)8-16(19)18-15/h2-8,11H,9-10,17H2,1H3. The van der Waals surface area contributed by atoms with Crippen LogP contribution in [-0.4, -0.2) is 9.38 Å². The van der Waals surface area contributed by atoms with Gasteiger partial charge in [-0.15, -0.1) is 0 Å². The van der Waals surface area contributed by atoms with Crippen LogP contribution in [0.15, 0.2) is 48.8 Å². The van der Waals surface area contributed by atoms with Crippen molar-refractivity contribution in [2.75, 3.05) is 0 Å². The normalized spacial score (nSPS) is 11.1. The van der Waals surface area contributed by atoms with Gasteiger partial charge in [-0.25, -0.2) is 4.98 Å². The summed E-state index contributed by atoms with van der Waals surface area (Å²) in [7, 11) is 0. The van der Waals surface area contributed by atoms with E-state index in [4.69, 9.17) is 5.73 Å². The predicted molar refractivity (Wildman–Crippen MR) is 77.1 cm³/mol. The number of nitrogens with two attached hydrogens (primary N) is 1. The van der Waals surface area contributed by atoms with Gasteiger partial charge in [0.05, 0.1) is 5.69 Å². The van der Waals surface area contributed by atoms with Crippen LogP contribution in [0.1, 0.15) is 22.4 Å². The molecule has 1 aromatic carbocycles. The van der Waals surface area contributed by atoms with Crippen LogP contribution >= 0.6 is 0 Å². The quantitative estimate of drug-likeness (QED) is 0.777. The first kappa shape index (κ1) is 11.9. The second kappa shape index (κ2) is 4.86. The van der Waals surface area contributed by atoms with E-state index < -0.39 is 0 Å². The van der Waals surface area contributed by atoms with E-state index >= 15 is 0 Å². The lowest BCUT2D eigenvalue weighted by Gasteiger charge is -2.01. The minimum absolute atomic E-state index is 0.552. The van der Waals surface area contributed by atoms with Crippen LogP contribution in [0.3, 0.4) is 0 Å². The Bertz CT molecular complexity index is 713. The molecule has 96 valence electrons. The van der Waals surface area contributed by atoms with Crippen molar-refractivity contribution < 1.29 is 0 Å². The summed E-state index contributed by atoms with van der Waals surface area (Å²) < 4.78 is 2.05. The monoisotopic (exact) mass is 251 g/mol. The molecule has 19 heavy (non-hydrogen) atoms. The van der Waals surface area contributed by atoms with Crippen LogP contribution in [0.25, 0.3) is 5.65 Å². The van der Waals surface area contributed by atoms with Gasteiger partial charge in [-0.05, 0) is 35.7 Å². The van der Waals surface area contributed by atoms with E-state index in [0.29, 0.717) is 6.54 Å². The first-order valence-corrected chi connectivity index (χ1v) is 6.47. The number of hydrogen-bond donors (Lipinski definition) is 1. The summed E-state index contributed by atoms with van der Waals surface area (Å²) in [6, 6.07) is 12.5. The van der Waals surface area contributed by atoms with E-state index in [1.165, 1.54) is 11.1 Å². The molecular weight excluding hydrogens is 234 g/mol. The van der Waals surface area contributed by atoms with E-state index in [2.05, 4.69) is 42.4 Å². The van der Waals surface area contributed by atoms with Gasteiger partial charge in [0.2, 0.25) is 0 Å². The zero-order valence-electron chi connectivity index (χ0n) is 11.0. The van der Waals surface area contributed by atoms with Crippen molar-refractivity contribution in [3.8, 4) is 0 Å². The molecule has 2 heterocycles. The molecule has 0 saturated heterocycles. The fourth-order valence-corrected chi connectivity index (χ4v) is 2.29. The summed E-state index contributed by atoms with van der Waals surface area (Å²) in [6.07, 6.45) is 4.97. The molecule has 2 aromatic heterocycles. The molecule has 3 aromatic rings. The van der Waals surface area contributed by atoms with Crippen molar-refractivity contribution in [2.45, 2.75) is 19.9 Å². The van der Waals surface area contributed by atoms with Gasteiger partial charge in [0, 0.05) is 25.4 Å². The molecule has 0 aliphatic heterocycles. The Hall–Kier alpha value is -2.13. The lowest BCUT2D eigenvalue weighted by molar-refractivity contribution is 1.05. The molecule has 2 N–H and O–H groups in total. The van der Waals surface area contributed by atoms with Crippen LogP contribution in [-0.2, 0) is 13.0 Å². The largest absolute Gasteiger partial charge is 0.326 e. The highest BCUT2D eigenvalue weighted by Gasteiger charge is 2.05. The number of aryl methyl sites for hydroxylation is 1. The number of nitrogens with zero attached hydrogens (tertiary/aromatic N) is 2. The Balaban J connectivity index is 1.95. The van der Waals surface area contributed by atoms with Crippen LogP contribution in [0.2, 0.25) is 0 Å². The molecule has 0 amide bonds. The highest BCUT2D eigenvalue weighted by atomic mass is 15.0. The Morgan fingerprint density at radius 3 is 2.84 bits per heavy atom. The molecule has 3 nitrogen and oxygen atoms in total. The van der Waals surface area contributed by atoms with Crippen molar-refractivity contribution >= 4 is 5.65 Å². The second-order valence-electron chi connectivity index (χ2n) is 4.84. The first-order chi connectivity index (χ1) is 9.26. The fraction of sp³-hybridized carbons (Fsp3) is 0.188. The van der Waals surface area contributed by atoms with Crippen molar-refractivity contribution in [1.82, 2.24) is 9.38 Å². The topological polar surface area (TPSA) is 43.3 Å². The minimum atomic E-state index is 0.552. The molecule has 3 heteroatoms. The third-order valence-corrected chi connectivity index (χ3v) is 3.44. The smallest absolute Gasteiger partial charge is 0.137 e. The fourth-order valence-electron chi connectivity index (χ4n) is 2.29. The summed E-state index contributed by atoms with van der Waals surface area (Å²) >= 11 is 0. The summed E-state index contributed by atoms with van der Waals surface area (Å²) in [5.74, 6) is 0. The number of aromatic nitrogens is 2. The van der Waals surface area contributed by atoms with E-state index in [9.17, 15) is 0 Å². The lowest BCUT2D eigenvalue weighted by atomic mass is 10.0. The van der Waals surface area contributed by atoms with Crippen LogP contribution in [0.4, 0.5) is 0 Å². The summed E-state index contributed by atoms with van der Waals surface area (Å²) in [6.45, 7) is 2.69. The Labute approximate surface area is 112 Å². The molecule has 0 saturated carbocycles. The number of benzene rings is 1. The number of hydrogen-bond acceptors (Lipinski definition) is 2. The maximum atomic E-state index is 5.65. The van der Waals surface area contributed by atoms with Gasteiger partial charge < -0.3 is 10.1 Å². The molecule has 0 atom stereocenters. The Morgan fingerprint density at radius 2 is 2.05 bits per heavy atom. The lowest BCUT2D eigenvalue weighted by Crippen LogP contribution is -1.96. The van der Waals surface area contributed by atoms with E-state index in [1.807, 2.05) is 22.7 Å². The van der Waals surface area contributed by atoms with Crippen molar-refractivity contribution in [3.63, 3.8) is 0 Å². The molecule has 0 spiro atoms. The number of fused-ring (bicyclic) bond motifs is 1. The van der Waals surface area contributed by atoms with Gasteiger partial charge in [0.15, 0.2) is 0 Å². The van der Waals surface area contributed by atoms with Gasteiger partial charge in [-0.2, -0.15) is 0 Å². The zero-order valence-corrected chi connectivity index (χ0v) is 11.0. The zero-order chi connectivity index (χ0) is 13.2. The predicted octanol–water partition coefficient (Wildman–Crippen LogP) is 2.69. The third kappa shape index (κ3) is 2.37. The van der Waals surface area contributed by atoms with Crippen LogP contribution in [0, 0.1) is 6.92 Å². The van der Waals surface area contributed by atoms with Crippen LogP contribution in [0.5, 0.6) is 0 Å². The van der Waals surface area contributed by atoms with Gasteiger partial charge in [-0.3, -0.25) is 0 Å². The number of imidazole rings is 1. The van der Waals surface area contributed by atoms with Gasteiger partial charge in [-0.1, -0.05) is 24.3 Å². The maximum Gasteiger partial charge on any atom is 0.137 e. The van der Waals surface area contributed by atoms with E-state index in [-0.39, 0.29) is 0 Å². The molecule has 0 fully saturated rings. The second-order valence-corrected chi connectivity index (χ2v) is 4.84. The van der Waals surface area contributed by atoms with Crippen molar-refractivity contribution in [2.24, 2.45) is 5.73 Å². The molecule has 0 aliphatic carbocycles. The van der Waals surface area contributed by atoms with Gasteiger partial charge in [0.1, 0.15) is 5.65 Å². The Kier molecular flexibility index (Phi) is 3.05. The highest BCUT2D eigenvalue weighted by Crippen LogP contribution is 2.14.